The van der Waals surface area contributed by atoms with Crippen LogP contribution in [0.5, 0.6) is 0 Å². The molecule has 4 nitrogen and oxygen atoms in total. The number of carbonyl (C=O) groups is 1. The fraction of sp³-hybridized carbons (Fsp3) is 0.333. The van der Waals surface area contributed by atoms with Crippen molar-refractivity contribution in [3.8, 4) is 0 Å². The first-order valence-corrected chi connectivity index (χ1v) is 5.79. The summed E-state index contributed by atoms with van der Waals surface area (Å²) in [7, 11) is 1.79. The Balaban J connectivity index is 2.34. The predicted octanol–water partition coefficient (Wildman–Crippen LogP) is 2.34. The summed E-state index contributed by atoms with van der Waals surface area (Å²) in [5.41, 5.74) is 0.929. The van der Waals surface area contributed by atoms with E-state index in [-0.39, 0.29) is 0 Å². The molecule has 88 valence electrons. The van der Waals surface area contributed by atoms with Crippen molar-refractivity contribution in [3.63, 3.8) is 0 Å². The largest absolute Gasteiger partial charge is 0.481 e. The van der Waals surface area contributed by atoms with Crippen molar-refractivity contribution in [2.45, 2.75) is 18.3 Å². The van der Waals surface area contributed by atoms with Crippen molar-refractivity contribution in [1.29, 1.82) is 0 Å². The van der Waals surface area contributed by atoms with Crippen molar-refractivity contribution >= 4 is 28.5 Å². The van der Waals surface area contributed by atoms with Crippen LogP contribution in [0.15, 0.2) is 18.2 Å². The topological polar surface area (TPSA) is 55.1 Å². The molecule has 1 aromatic heterocycles. The number of rotatable bonds is 2. The van der Waals surface area contributed by atoms with Crippen LogP contribution in [0.1, 0.15) is 18.4 Å². The number of nitrogens with zero attached hydrogens (tertiary/aromatic N) is 2. The Labute approximate surface area is 103 Å². The number of fused-ring (bicyclic) bond motifs is 1. The van der Waals surface area contributed by atoms with Crippen LogP contribution in [0.3, 0.4) is 0 Å². The number of hydrogen-bond acceptors (Lipinski definition) is 2. The first-order chi connectivity index (χ1) is 8.06. The molecule has 0 atom stereocenters. The van der Waals surface area contributed by atoms with Crippen LogP contribution in [0, 0.1) is 0 Å². The van der Waals surface area contributed by atoms with E-state index in [1.165, 1.54) is 0 Å². The van der Waals surface area contributed by atoms with Gasteiger partial charge in [-0.3, -0.25) is 9.48 Å². The number of aromatic nitrogens is 2. The number of carboxylic acids is 1. The summed E-state index contributed by atoms with van der Waals surface area (Å²) in [4.78, 5) is 11.4. The molecule has 1 aromatic carbocycles. The quantitative estimate of drug-likeness (QED) is 0.890. The van der Waals surface area contributed by atoms with E-state index in [0.29, 0.717) is 18.0 Å². The maximum absolute atomic E-state index is 11.4. The molecule has 1 aliphatic rings. The summed E-state index contributed by atoms with van der Waals surface area (Å²) in [5, 5.41) is 14.7. The van der Waals surface area contributed by atoms with Crippen LogP contribution in [0.25, 0.3) is 10.9 Å². The van der Waals surface area contributed by atoms with Gasteiger partial charge in [0.1, 0.15) is 0 Å². The van der Waals surface area contributed by atoms with Gasteiger partial charge in [-0.15, -0.1) is 0 Å². The van der Waals surface area contributed by atoms with Gasteiger partial charge in [0.15, 0.2) is 5.15 Å². The Morgan fingerprint density at radius 1 is 1.53 bits per heavy atom. The zero-order valence-corrected chi connectivity index (χ0v) is 10.0. The molecule has 3 rings (SSSR count). The van der Waals surface area contributed by atoms with E-state index < -0.39 is 11.4 Å². The van der Waals surface area contributed by atoms with Crippen LogP contribution in [0.2, 0.25) is 5.15 Å². The summed E-state index contributed by atoms with van der Waals surface area (Å²) in [6, 6.07) is 5.57. The molecule has 1 N–H and O–H groups in total. The van der Waals surface area contributed by atoms with E-state index in [9.17, 15) is 9.90 Å². The van der Waals surface area contributed by atoms with Gasteiger partial charge in [-0.05, 0) is 24.5 Å². The van der Waals surface area contributed by atoms with Gasteiger partial charge >= 0.3 is 5.97 Å². The molecular weight excluding hydrogens is 240 g/mol. The van der Waals surface area contributed by atoms with Gasteiger partial charge < -0.3 is 5.11 Å². The van der Waals surface area contributed by atoms with E-state index in [1.807, 2.05) is 18.2 Å². The zero-order chi connectivity index (χ0) is 12.2. The maximum Gasteiger partial charge on any atom is 0.314 e. The van der Waals surface area contributed by atoms with Crippen molar-refractivity contribution in [2.24, 2.45) is 7.05 Å². The van der Waals surface area contributed by atoms with Crippen molar-refractivity contribution in [3.05, 3.63) is 28.9 Å². The average molecular weight is 251 g/mol. The van der Waals surface area contributed by atoms with Crippen molar-refractivity contribution in [2.75, 3.05) is 0 Å². The Hall–Kier alpha value is -1.55. The highest BCUT2D eigenvalue weighted by Gasteiger charge is 2.53. The predicted molar refractivity (Wildman–Crippen MR) is 64.3 cm³/mol. The number of halogens is 1. The van der Waals surface area contributed by atoms with Crippen LogP contribution in [-0.2, 0) is 17.3 Å². The van der Waals surface area contributed by atoms with Gasteiger partial charge in [-0.25, -0.2) is 0 Å². The molecule has 0 amide bonds. The Bertz CT molecular complexity index is 629. The summed E-state index contributed by atoms with van der Waals surface area (Å²) in [6.45, 7) is 0. The molecule has 17 heavy (non-hydrogen) atoms. The summed E-state index contributed by atoms with van der Waals surface area (Å²) in [6.07, 6.45) is 1.37. The smallest absolute Gasteiger partial charge is 0.314 e. The number of carboxylic acid groups (broad SMARTS) is 1. The zero-order valence-electron chi connectivity index (χ0n) is 9.27. The minimum absolute atomic E-state index is 0.422. The lowest BCUT2D eigenvalue weighted by Crippen LogP contribution is -2.20. The molecule has 0 spiro atoms. The van der Waals surface area contributed by atoms with Gasteiger partial charge in [0, 0.05) is 12.4 Å². The summed E-state index contributed by atoms with van der Waals surface area (Å²) >= 11 is 6.02. The van der Waals surface area contributed by atoms with E-state index in [0.717, 1.165) is 16.5 Å². The lowest BCUT2D eigenvalue weighted by Gasteiger charge is -2.12. The molecule has 1 heterocycles. The molecule has 0 unspecified atom stereocenters. The molecule has 0 aliphatic heterocycles. The van der Waals surface area contributed by atoms with Gasteiger partial charge in [-0.1, -0.05) is 23.7 Å². The van der Waals surface area contributed by atoms with E-state index >= 15 is 0 Å². The highest BCUT2D eigenvalue weighted by Crippen LogP contribution is 2.50. The molecule has 0 radical (unpaired) electrons. The second-order valence-corrected chi connectivity index (χ2v) is 4.86. The summed E-state index contributed by atoms with van der Waals surface area (Å²) in [5.74, 6) is -0.762. The molecule has 1 aliphatic carbocycles. The Morgan fingerprint density at radius 2 is 2.24 bits per heavy atom. The Morgan fingerprint density at radius 3 is 2.82 bits per heavy atom. The SMILES string of the molecule is Cn1nc(Cl)c2cccc(C3(C(=O)O)CC3)c21. The second-order valence-electron chi connectivity index (χ2n) is 4.50. The third-order valence-corrected chi connectivity index (χ3v) is 3.77. The highest BCUT2D eigenvalue weighted by atomic mass is 35.5. The first kappa shape index (κ1) is 10.6. The fourth-order valence-corrected chi connectivity index (χ4v) is 2.67. The number of para-hydroxylation sites is 1. The van der Waals surface area contributed by atoms with E-state index in [2.05, 4.69) is 5.10 Å². The minimum Gasteiger partial charge on any atom is -0.481 e. The van der Waals surface area contributed by atoms with Crippen LogP contribution < -0.4 is 0 Å². The molecule has 5 heteroatoms. The van der Waals surface area contributed by atoms with Crippen molar-refractivity contribution < 1.29 is 9.90 Å². The molecule has 0 saturated heterocycles. The number of aliphatic carboxylic acids is 1. The molecular formula is C12H11ClN2O2. The first-order valence-electron chi connectivity index (χ1n) is 5.41. The van der Waals surface area contributed by atoms with Gasteiger partial charge in [-0.2, -0.15) is 5.10 Å². The lowest BCUT2D eigenvalue weighted by atomic mass is 9.94. The number of hydrogen-bond donors (Lipinski definition) is 1. The molecule has 2 aromatic rings. The molecule has 1 saturated carbocycles. The van der Waals surface area contributed by atoms with Crippen molar-refractivity contribution in [1.82, 2.24) is 9.78 Å². The minimum atomic E-state index is -0.762. The van der Waals surface area contributed by atoms with E-state index in [4.69, 9.17) is 11.6 Å². The van der Waals surface area contributed by atoms with Crippen LogP contribution in [-0.4, -0.2) is 20.9 Å². The van der Waals surface area contributed by atoms with Crippen LogP contribution in [0.4, 0.5) is 0 Å². The second kappa shape index (κ2) is 3.23. The number of benzene rings is 1. The highest BCUT2D eigenvalue weighted by molar-refractivity contribution is 6.34. The number of aryl methyl sites for hydroxylation is 1. The van der Waals surface area contributed by atoms with Gasteiger partial charge in [0.2, 0.25) is 0 Å². The standard InChI is InChI=1S/C12H11ClN2O2/c1-15-9-7(10(13)14-15)3-2-4-8(9)12(5-6-12)11(16)17/h2-4H,5-6H2,1H3,(H,16,17). The van der Waals surface area contributed by atoms with Gasteiger partial charge in [0.05, 0.1) is 10.9 Å². The monoisotopic (exact) mass is 250 g/mol. The normalized spacial score (nSPS) is 17.3. The third-order valence-electron chi connectivity index (χ3n) is 3.49. The molecule has 1 fully saturated rings. The summed E-state index contributed by atoms with van der Waals surface area (Å²) < 4.78 is 1.66. The van der Waals surface area contributed by atoms with E-state index in [1.54, 1.807) is 11.7 Å². The molecule has 0 bridgehead atoms. The van der Waals surface area contributed by atoms with Crippen LogP contribution >= 0.6 is 11.6 Å². The third kappa shape index (κ3) is 1.30. The maximum atomic E-state index is 11.4. The lowest BCUT2D eigenvalue weighted by molar-refractivity contribution is -0.140. The average Bonchev–Trinajstić information content (AvgIpc) is 3.04. The fourth-order valence-electron chi connectivity index (χ4n) is 2.40. The van der Waals surface area contributed by atoms with Gasteiger partial charge in [0.25, 0.3) is 0 Å². The Kier molecular flexibility index (Phi) is 2.01.